The van der Waals surface area contributed by atoms with Crippen LogP contribution in [0.4, 0.5) is 0 Å². The van der Waals surface area contributed by atoms with E-state index in [0.29, 0.717) is 0 Å². The van der Waals surface area contributed by atoms with Crippen LogP contribution in [0.2, 0.25) is 0 Å². The number of Topliss-reactive ketones (excluding diaryl/α,β-unsaturated/α-hetero) is 1. The second kappa shape index (κ2) is 4.29. The van der Waals surface area contributed by atoms with Gasteiger partial charge in [0.2, 0.25) is 0 Å². The number of allylic oxidation sites excluding steroid dienone is 2. The zero-order valence-electron chi connectivity index (χ0n) is 11.8. The number of ketones is 1. The summed E-state index contributed by atoms with van der Waals surface area (Å²) in [4.78, 5) is 12.2. The van der Waals surface area contributed by atoms with Gasteiger partial charge in [-0.25, -0.2) is 0 Å². The molecule has 104 valence electrons. The lowest BCUT2D eigenvalue weighted by Gasteiger charge is -2.44. The highest BCUT2D eigenvalue weighted by atomic mass is 79.9. The minimum atomic E-state index is -0.324. The molecular weight excluding hydrogens is 318 g/mol. The van der Waals surface area contributed by atoms with Crippen molar-refractivity contribution in [1.82, 2.24) is 9.78 Å². The average Bonchev–Trinajstić information content (AvgIpc) is 2.72. The summed E-state index contributed by atoms with van der Waals surface area (Å²) in [5.74, 6) is 0.0865. The summed E-state index contributed by atoms with van der Waals surface area (Å²) >= 11 is 3.58. The van der Waals surface area contributed by atoms with Crippen LogP contribution in [0.15, 0.2) is 16.3 Å². The van der Waals surface area contributed by atoms with E-state index in [1.54, 1.807) is 0 Å². The first kappa shape index (κ1) is 13.6. The van der Waals surface area contributed by atoms with E-state index in [0.717, 1.165) is 23.1 Å². The Hall–Kier alpha value is -1.41. The van der Waals surface area contributed by atoms with Crippen LogP contribution < -0.4 is 0 Å². The summed E-state index contributed by atoms with van der Waals surface area (Å²) in [5.41, 5.74) is 2.18. The van der Waals surface area contributed by atoms with E-state index < -0.39 is 0 Å². The van der Waals surface area contributed by atoms with E-state index in [-0.39, 0.29) is 28.6 Å². The number of nitrogens with zero attached hydrogens (tertiary/aromatic N) is 3. The Bertz CT molecular complexity index is 682. The van der Waals surface area contributed by atoms with E-state index in [1.165, 1.54) is 5.56 Å². The van der Waals surface area contributed by atoms with E-state index in [1.807, 2.05) is 24.7 Å². The first-order chi connectivity index (χ1) is 9.40. The van der Waals surface area contributed by atoms with Gasteiger partial charge in [0, 0.05) is 23.9 Å². The fraction of sp³-hybridized carbons (Fsp3) is 0.533. The third kappa shape index (κ3) is 1.58. The van der Waals surface area contributed by atoms with Crippen LogP contribution >= 0.6 is 15.9 Å². The molecule has 0 spiro atoms. The molecular formula is C15H16BrN3O. The standard InChI is InChI=1S/C15H16BrN3O/c1-8-11-5-4-10-13(18-19(3)14(10)16)15(11,2)6-9(7-17)12(8)20/h6,8,11H,4-5H2,1-3H3/t8-,11-,15-/m0/s1. The van der Waals surface area contributed by atoms with Crippen molar-refractivity contribution in [3.8, 4) is 6.07 Å². The van der Waals surface area contributed by atoms with Crippen LogP contribution in [-0.4, -0.2) is 15.6 Å². The highest BCUT2D eigenvalue weighted by molar-refractivity contribution is 9.10. The molecule has 0 saturated carbocycles. The van der Waals surface area contributed by atoms with Crippen LogP contribution in [0, 0.1) is 23.2 Å². The van der Waals surface area contributed by atoms with Gasteiger partial charge in [0.15, 0.2) is 5.78 Å². The Morgan fingerprint density at radius 2 is 2.30 bits per heavy atom. The van der Waals surface area contributed by atoms with E-state index in [2.05, 4.69) is 34.0 Å². The summed E-state index contributed by atoms with van der Waals surface area (Å²) < 4.78 is 2.84. The minimum absolute atomic E-state index is 0.0200. The van der Waals surface area contributed by atoms with Gasteiger partial charge >= 0.3 is 0 Å². The first-order valence-corrected chi connectivity index (χ1v) is 7.58. The molecule has 0 fully saturated rings. The molecule has 3 atom stereocenters. The van der Waals surface area contributed by atoms with E-state index in [4.69, 9.17) is 0 Å². The number of carbonyl (C=O) groups is 1. The summed E-state index contributed by atoms with van der Waals surface area (Å²) in [7, 11) is 1.91. The van der Waals surface area contributed by atoms with Gasteiger partial charge in [-0.3, -0.25) is 9.48 Å². The fourth-order valence-electron chi connectivity index (χ4n) is 3.81. The Morgan fingerprint density at radius 1 is 1.60 bits per heavy atom. The number of fused-ring (bicyclic) bond motifs is 3. The number of carbonyl (C=O) groups excluding carboxylic acids is 1. The summed E-state index contributed by atoms with van der Waals surface area (Å²) in [6.45, 7) is 4.05. The van der Waals surface area contributed by atoms with Crippen LogP contribution in [0.1, 0.15) is 31.5 Å². The number of aryl methyl sites for hydroxylation is 1. The van der Waals surface area contributed by atoms with Gasteiger partial charge in [-0.2, -0.15) is 10.4 Å². The molecule has 1 aromatic heterocycles. The van der Waals surface area contributed by atoms with Crippen LogP contribution in [0.5, 0.6) is 0 Å². The van der Waals surface area contributed by atoms with Gasteiger partial charge in [0.25, 0.3) is 0 Å². The second-order valence-electron chi connectivity index (χ2n) is 5.99. The van der Waals surface area contributed by atoms with Crippen LogP contribution in [-0.2, 0) is 23.7 Å². The molecule has 3 rings (SSSR count). The van der Waals surface area contributed by atoms with Crippen molar-refractivity contribution >= 4 is 21.7 Å². The number of halogens is 1. The molecule has 1 heterocycles. The largest absolute Gasteiger partial charge is 0.293 e. The first-order valence-electron chi connectivity index (χ1n) is 6.79. The van der Waals surface area contributed by atoms with Gasteiger partial charge < -0.3 is 0 Å². The van der Waals surface area contributed by atoms with Crippen LogP contribution in [0.25, 0.3) is 0 Å². The van der Waals surface area contributed by atoms with Crippen molar-refractivity contribution in [3.05, 3.63) is 27.5 Å². The monoisotopic (exact) mass is 333 g/mol. The van der Waals surface area contributed by atoms with Crippen LogP contribution in [0.3, 0.4) is 0 Å². The van der Waals surface area contributed by atoms with Crippen molar-refractivity contribution in [1.29, 1.82) is 5.26 Å². The summed E-state index contributed by atoms with van der Waals surface area (Å²) in [6.07, 6.45) is 3.73. The maximum atomic E-state index is 12.2. The van der Waals surface area contributed by atoms with Crippen molar-refractivity contribution in [3.63, 3.8) is 0 Å². The molecule has 0 radical (unpaired) electrons. The Morgan fingerprint density at radius 3 is 2.95 bits per heavy atom. The van der Waals surface area contributed by atoms with Crippen molar-refractivity contribution < 1.29 is 4.79 Å². The lowest BCUT2D eigenvalue weighted by Crippen LogP contribution is -2.45. The van der Waals surface area contributed by atoms with E-state index >= 15 is 0 Å². The molecule has 0 unspecified atom stereocenters. The lowest BCUT2D eigenvalue weighted by atomic mass is 9.58. The SMILES string of the molecule is C[C@@H]1C(=O)C(C#N)=C[C@]2(C)c3nn(C)c(Br)c3CC[C@@H]12. The molecule has 0 aromatic carbocycles. The predicted molar refractivity (Wildman–Crippen MR) is 77.9 cm³/mol. The molecule has 20 heavy (non-hydrogen) atoms. The number of aromatic nitrogens is 2. The lowest BCUT2D eigenvalue weighted by molar-refractivity contribution is -0.121. The second-order valence-corrected chi connectivity index (χ2v) is 6.74. The topological polar surface area (TPSA) is 58.7 Å². The molecule has 0 N–H and O–H groups in total. The van der Waals surface area contributed by atoms with Crippen molar-refractivity contribution in [2.45, 2.75) is 32.1 Å². The predicted octanol–water partition coefficient (Wildman–Crippen LogP) is 2.67. The molecule has 1 aromatic rings. The molecule has 0 amide bonds. The maximum absolute atomic E-state index is 12.2. The number of nitriles is 1. The number of hydrogen-bond donors (Lipinski definition) is 0. The minimum Gasteiger partial charge on any atom is -0.293 e. The molecule has 4 nitrogen and oxygen atoms in total. The van der Waals surface area contributed by atoms with Crippen molar-refractivity contribution in [2.75, 3.05) is 0 Å². The summed E-state index contributed by atoms with van der Waals surface area (Å²) in [5, 5.41) is 13.9. The quantitative estimate of drug-likeness (QED) is 0.733. The number of rotatable bonds is 0. The van der Waals surface area contributed by atoms with Crippen molar-refractivity contribution in [2.24, 2.45) is 18.9 Å². The molecule has 5 heteroatoms. The number of hydrogen-bond acceptors (Lipinski definition) is 3. The Labute approximate surface area is 126 Å². The molecule has 0 bridgehead atoms. The molecule has 0 aliphatic heterocycles. The normalized spacial score (nSPS) is 32.1. The molecule has 2 aliphatic carbocycles. The summed E-state index contributed by atoms with van der Waals surface area (Å²) in [6, 6.07) is 2.06. The Balaban J connectivity index is 2.26. The highest BCUT2D eigenvalue weighted by Gasteiger charge is 2.49. The van der Waals surface area contributed by atoms with Gasteiger partial charge in [-0.05, 0) is 34.7 Å². The third-order valence-electron chi connectivity index (χ3n) is 4.90. The molecule has 0 saturated heterocycles. The van der Waals surface area contributed by atoms with E-state index in [9.17, 15) is 10.1 Å². The third-order valence-corrected chi connectivity index (χ3v) is 5.89. The molecule has 2 aliphatic rings. The fourth-order valence-corrected chi connectivity index (χ4v) is 4.27. The van der Waals surface area contributed by atoms with Gasteiger partial charge in [0.05, 0.1) is 11.3 Å². The zero-order chi connectivity index (χ0) is 14.7. The highest BCUT2D eigenvalue weighted by Crippen LogP contribution is 2.50. The van der Waals surface area contributed by atoms with Gasteiger partial charge in [-0.1, -0.05) is 19.9 Å². The smallest absolute Gasteiger partial charge is 0.176 e. The zero-order valence-corrected chi connectivity index (χ0v) is 13.4. The Kier molecular flexibility index (Phi) is 2.91. The van der Waals surface area contributed by atoms with Gasteiger partial charge in [-0.15, -0.1) is 0 Å². The van der Waals surface area contributed by atoms with Gasteiger partial charge in [0.1, 0.15) is 10.7 Å². The maximum Gasteiger partial charge on any atom is 0.176 e. The average molecular weight is 334 g/mol.